The SMILES string of the molecule is CCCCCC(O)CCC(C)(C)O. The van der Waals surface area contributed by atoms with Gasteiger partial charge in [-0.25, -0.2) is 0 Å². The predicted octanol–water partition coefficient (Wildman–Crippen LogP) is 2.48. The molecule has 2 N–H and O–H groups in total. The second kappa shape index (κ2) is 6.39. The molecule has 0 heterocycles. The smallest absolute Gasteiger partial charge is 0.0592 e. The van der Waals surface area contributed by atoms with E-state index in [0.717, 1.165) is 12.8 Å². The van der Waals surface area contributed by atoms with Crippen LogP contribution in [-0.2, 0) is 0 Å². The summed E-state index contributed by atoms with van der Waals surface area (Å²) in [5, 5.41) is 19.0. The van der Waals surface area contributed by atoms with Gasteiger partial charge in [-0.15, -0.1) is 0 Å². The second-order valence-corrected chi connectivity index (χ2v) is 4.50. The maximum atomic E-state index is 9.53. The largest absolute Gasteiger partial charge is 0.393 e. The Hall–Kier alpha value is -0.0800. The zero-order valence-corrected chi connectivity index (χ0v) is 9.21. The predicted molar refractivity (Wildman–Crippen MR) is 55.7 cm³/mol. The molecule has 0 aliphatic rings. The zero-order chi connectivity index (χ0) is 10.3. The topological polar surface area (TPSA) is 40.5 Å². The summed E-state index contributed by atoms with van der Waals surface area (Å²) in [6, 6.07) is 0. The maximum Gasteiger partial charge on any atom is 0.0592 e. The molecule has 0 aromatic carbocycles. The van der Waals surface area contributed by atoms with Gasteiger partial charge in [-0.2, -0.15) is 0 Å². The number of unbranched alkanes of at least 4 members (excludes halogenated alkanes) is 2. The summed E-state index contributed by atoms with van der Waals surface area (Å²) in [6.07, 6.45) is 5.54. The van der Waals surface area contributed by atoms with Gasteiger partial charge in [-0.05, 0) is 33.1 Å². The molecule has 0 amide bonds. The summed E-state index contributed by atoms with van der Waals surface area (Å²) in [4.78, 5) is 0. The minimum Gasteiger partial charge on any atom is -0.393 e. The van der Waals surface area contributed by atoms with Crippen molar-refractivity contribution in [2.75, 3.05) is 0 Å². The van der Waals surface area contributed by atoms with Crippen LogP contribution in [0.5, 0.6) is 0 Å². The first-order chi connectivity index (χ1) is 5.95. The van der Waals surface area contributed by atoms with Gasteiger partial charge in [0.05, 0.1) is 11.7 Å². The quantitative estimate of drug-likeness (QED) is 0.603. The molecule has 0 rings (SSSR count). The fraction of sp³-hybridized carbons (Fsp3) is 1.00. The van der Waals surface area contributed by atoms with Crippen molar-refractivity contribution < 1.29 is 10.2 Å². The van der Waals surface area contributed by atoms with Crippen LogP contribution in [0.4, 0.5) is 0 Å². The Morgan fingerprint density at radius 1 is 1.15 bits per heavy atom. The summed E-state index contributed by atoms with van der Waals surface area (Å²) in [5.41, 5.74) is -0.633. The summed E-state index contributed by atoms with van der Waals surface area (Å²) >= 11 is 0. The lowest BCUT2D eigenvalue weighted by atomic mass is 9.98. The molecule has 0 radical (unpaired) electrons. The van der Waals surface area contributed by atoms with Crippen LogP contribution in [0.2, 0.25) is 0 Å². The third-order valence-electron chi connectivity index (χ3n) is 2.23. The van der Waals surface area contributed by atoms with Crippen LogP contribution in [-0.4, -0.2) is 21.9 Å². The summed E-state index contributed by atoms with van der Waals surface area (Å²) in [7, 11) is 0. The highest BCUT2D eigenvalue weighted by molar-refractivity contribution is 4.68. The van der Waals surface area contributed by atoms with Crippen LogP contribution in [0.1, 0.15) is 59.3 Å². The van der Waals surface area contributed by atoms with Crippen molar-refractivity contribution >= 4 is 0 Å². The molecule has 2 nitrogen and oxygen atoms in total. The monoisotopic (exact) mass is 188 g/mol. The van der Waals surface area contributed by atoms with Gasteiger partial charge in [0.2, 0.25) is 0 Å². The molecular weight excluding hydrogens is 164 g/mol. The molecule has 0 bridgehead atoms. The van der Waals surface area contributed by atoms with Crippen LogP contribution in [0, 0.1) is 0 Å². The van der Waals surface area contributed by atoms with Gasteiger partial charge < -0.3 is 10.2 Å². The number of hydrogen-bond acceptors (Lipinski definition) is 2. The molecule has 0 saturated heterocycles. The van der Waals surface area contributed by atoms with Crippen LogP contribution in [0.15, 0.2) is 0 Å². The lowest BCUT2D eigenvalue weighted by Crippen LogP contribution is -2.21. The third kappa shape index (κ3) is 9.84. The first kappa shape index (κ1) is 12.9. The van der Waals surface area contributed by atoms with Crippen molar-refractivity contribution in [3.8, 4) is 0 Å². The van der Waals surface area contributed by atoms with Crippen molar-refractivity contribution in [1.29, 1.82) is 0 Å². The second-order valence-electron chi connectivity index (χ2n) is 4.50. The molecule has 0 fully saturated rings. The van der Waals surface area contributed by atoms with E-state index in [1.165, 1.54) is 12.8 Å². The van der Waals surface area contributed by atoms with E-state index in [-0.39, 0.29) is 6.10 Å². The van der Waals surface area contributed by atoms with E-state index in [4.69, 9.17) is 0 Å². The number of rotatable bonds is 7. The summed E-state index contributed by atoms with van der Waals surface area (Å²) in [6.45, 7) is 5.72. The van der Waals surface area contributed by atoms with Crippen molar-refractivity contribution in [2.45, 2.75) is 71.0 Å². The Balaban J connectivity index is 3.35. The molecule has 13 heavy (non-hydrogen) atoms. The van der Waals surface area contributed by atoms with Gasteiger partial charge in [0, 0.05) is 0 Å². The zero-order valence-electron chi connectivity index (χ0n) is 9.21. The fourth-order valence-electron chi connectivity index (χ4n) is 1.29. The first-order valence-corrected chi connectivity index (χ1v) is 5.36. The van der Waals surface area contributed by atoms with Gasteiger partial charge in [0.1, 0.15) is 0 Å². The standard InChI is InChI=1S/C11H24O2/c1-4-5-6-7-10(12)8-9-11(2,3)13/h10,12-13H,4-9H2,1-3H3. The number of hydrogen-bond donors (Lipinski definition) is 2. The molecule has 1 unspecified atom stereocenters. The van der Waals surface area contributed by atoms with Gasteiger partial charge >= 0.3 is 0 Å². The Kier molecular flexibility index (Phi) is 6.35. The van der Waals surface area contributed by atoms with E-state index in [9.17, 15) is 10.2 Å². The highest BCUT2D eigenvalue weighted by Crippen LogP contribution is 2.15. The molecule has 0 aromatic rings. The fourth-order valence-corrected chi connectivity index (χ4v) is 1.29. The highest BCUT2D eigenvalue weighted by Gasteiger charge is 2.14. The van der Waals surface area contributed by atoms with E-state index in [1.807, 2.05) is 0 Å². The number of aliphatic hydroxyl groups is 2. The van der Waals surface area contributed by atoms with Crippen LogP contribution in [0.3, 0.4) is 0 Å². The molecule has 0 saturated carbocycles. The molecule has 0 aliphatic heterocycles. The van der Waals surface area contributed by atoms with Crippen molar-refractivity contribution in [3.63, 3.8) is 0 Å². The molecule has 1 atom stereocenters. The van der Waals surface area contributed by atoms with Crippen LogP contribution in [0.25, 0.3) is 0 Å². The van der Waals surface area contributed by atoms with Gasteiger partial charge in [0.25, 0.3) is 0 Å². The van der Waals surface area contributed by atoms with Crippen molar-refractivity contribution in [3.05, 3.63) is 0 Å². The Bertz CT molecular complexity index is 116. The van der Waals surface area contributed by atoms with Crippen molar-refractivity contribution in [1.82, 2.24) is 0 Å². The normalized spacial score (nSPS) is 14.5. The van der Waals surface area contributed by atoms with Gasteiger partial charge in [-0.3, -0.25) is 0 Å². The van der Waals surface area contributed by atoms with Crippen molar-refractivity contribution in [2.24, 2.45) is 0 Å². The molecule has 0 aromatic heterocycles. The van der Waals surface area contributed by atoms with E-state index < -0.39 is 5.60 Å². The van der Waals surface area contributed by atoms with E-state index >= 15 is 0 Å². The Morgan fingerprint density at radius 2 is 1.77 bits per heavy atom. The molecule has 80 valence electrons. The minimum absolute atomic E-state index is 0.224. The molecule has 2 heteroatoms. The molecular formula is C11H24O2. The molecule has 0 spiro atoms. The lowest BCUT2D eigenvalue weighted by molar-refractivity contribution is 0.0465. The maximum absolute atomic E-state index is 9.53. The summed E-state index contributed by atoms with van der Waals surface area (Å²) in [5.74, 6) is 0. The van der Waals surface area contributed by atoms with E-state index in [0.29, 0.717) is 12.8 Å². The van der Waals surface area contributed by atoms with Gasteiger partial charge in [-0.1, -0.05) is 26.2 Å². The van der Waals surface area contributed by atoms with Gasteiger partial charge in [0.15, 0.2) is 0 Å². The van der Waals surface area contributed by atoms with Crippen LogP contribution >= 0.6 is 0 Å². The first-order valence-electron chi connectivity index (χ1n) is 5.36. The lowest BCUT2D eigenvalue weighted by Gasteiger charge is -2.19. The minimum atomic E-state index is -0.633. The number of aliphatic hydroxyl groups excluding tert-OH is 1. The van der Waals surface area contributed by atoms with Crippen LogP contribution < -0.4 is 0 Å². The Morgan fingerprint density at radius 3 is 2.23 bits per heavy atom. The summed E-state index contributed by atoms with van der Waals surface area (Å²) < 4.78 is 0. The Labute approximate surface area is 82.0 Å². The highest BCUT2D eigenvalue weighted by atomic mass is 16.3. The molecule has 0 aliphatic carbocycles. The third-order valence-corrected chi connectivity index (χ3v) is 2.23. The van der Waals surface area contributed by atoms with E-state index in [2.05, 4.69) is 6.92 Å². The van der Waals surface area contributed by atoms with E-state index in [1.54, 1.807) is 13.8 Å². The average molecular weight is 188 g/mol. The average Bonchev–Trinajstić information content (AvgIpc) is 2.00.